The molecule has 2 amide bonds. The van der Waals surface area contributed by atoms with Crippen LogP contribution in [0.2, 0.25) is 0 Å². The third-order valence-electron chi connectivity index (χ3n) is 5.39. The summed E-state index contributed by atoms with van der Waals surface area (Å²) in [6, 6.07) is 9.78. The highest BCUT2D eigenvalue weighted by molar-refractivity contribution is 5.80. The predicted octanol–water partition coefficient (Wildman–Crippen LogP) is 1.84. The molecule has 130 valence electrons. The van der Waals surface area contributed by atoms with Crippen molar-refractivity contribution in [2.45, 2.75) is 38.1 Å². The van der Waals surface area contributed by atoms with E-state index >= 15 is 0 Å². The van der Waals surface area contributed by atoms with Gasteiger partial charge in [-0.3, -0.25) is 9.59 Å². The lowest BCUT2D eigenvalue weighted by Gasteiger charge is -2.27. The maximum absolute atomic E-state index is 12.8. The van der Waals surface area contributed by atoms with Gasteiger partial charge in [-0.05, 0) is 37.3 Å². The lowest BCUT2D eigenvalue weighted by Crippen LogP contribution is -2.42. The number of nitrogens with one attached hydrogen (secondary N) is 1. The molecule has 2 aliphatic rings. The Bertz CT molecular complexity index is 575. The molecule has 1 saturated carbocycles. The Morgan fingerprint density at radius 1 is 1.25 bits per heavy atom. The van der Waals surface area contributed by atoms with E-state index in [-0.39, 0.29) is 29.7 Å². The number of likely N-dealkylation sites (tertiary alicyclic amines) is 1. The molecule has 3 atom stereocenters. The van der Waals surface area contributed by atoms with E-state index in [4.69, 9.17) is 5.73 Å². The van der Waals surface area contributed by atoms with Crippen molar-refractivity contribution in [1.82, 2.24) is 10.2 Å². The van der Waals surface area contributed by atoms with Crippen molar-refractivity contribution in [3.8, 4) is 0 Å². The van der Waals surface area contributed by atoms with Crippen molar-refractivity contribution in [3.63, 3.8) is 0 Å². The van der Waals surface area contributed by atoms with Crippen LogP contribution in [0.4, 0.5) is 0 Å². The summed E-state index contributed by atoms with van der Waals surface area (Å²) in [6.07, 6.45) is 4.55. The second-order valence-electron chi connectivity index (χ2n) is 6.95. The maximum Gasteiger partial charge on any atom is 0.223 e. The van der Waals surface area contributed by atoms with Crippen LogP contribution in [0.1, 0.15) is 43.7 Å². The van der Waals surface area contributed by atoms with E-state index in [1.54, 1.807) is 0 Å². The first-order valence-electron chi connectivity index (χ1n) is 9.02. The summed E-state index contributed by atoms with van der Waals surface area (Å²) < 4.78 is 0. The van der Waals surface area contributed by atoms with Crippen molar-refractivity contribution in [1.29, 1.82) is 0 Å². The van der Waals surface area contributed by atoms with Crippen LogP contribution in [0.15, 0.2) is 30.3 Å². The predicted molar refractivity (Wildman–Crippen MR) is 93.0 cm³/mol. The highest BCUT2D eigenvalue weighted by Crippen LogP contribution is 2.31. The third-order valence-corrected chi connectivity index (χ3v) is 5.39. The van der Waals surface area contributed by atoms with Crippen molar-refractivity contribution >= 4 is 11.8 Å². The second kappa shape index (κ2) is 7.79. The Morgan fingerprint density at radius 2 is 2.04 bits per heavy atom. The Morgan fingerprint density at radius 3 is 2.71 bits per heavy atom. The number of carbonyl (C=O) groups is 2. The Kier molecular flexibility index (Phi) is 5.51. The summed E-state index contributed by atoms with van der Waals surface area (Å²) in [6.45, 7) is 1.90. The molecule has 2 fully saturated rings. The minimum atomic E-state index is -0.153. The average molecular weight is 329 g/mol. The first kappa shape index (κ1) is 17.0. The van der Waals surface area contributed by atoms with Gasteiger partial charge in [0.15, 0.2) is 0 Å². The van der Waals surface area contributed by atoms with Gasteiger partial charge in [0.2, 0.25) is 11.8 Å². The molecule has 0 spiro atoms. The van der Waals surface area contributed by atoms with E-state index in [0.29, 0.717) is 19.5 Å². The first-order valence-corrected chi connectivity index (χ1v) is 9.02. The minimum absolute atomic E-state index is 0.00971. The molecule has 0 radical (unpaired) electrons. The summed E-state index contributed by atoms with van der Waals surface area (Å²) in [5.74, 6) is 0.569. The van der Waals surface area contributed by atoms with Crippen LogP contribution in [-0.2, 0) is 9.59 Å². The van der Waals surface area contributed by atoms with Gasteiger partial charge in [-0.1, -0.05) is 36.8 Å². The molecule has 24 heavy (non-hydrogen) atoms. The van der Waals surface area contributed by atoms with Crippen molar-refractivity contribution in [2.24, 2.45) is 17.6 Å². The molecule has 1 aliphatic carbocycles. The lowest BCUT2D eigenvalue weighted by molar-refractivity contribution is -0.130. The van der Waals surface area contributed by atoms with Gasteiger partial charge in [-0.25, -0.2) is 0 Å². The zero-order chi connectivity index (χ0) is 16.9. The second-order valence-corrected chi connectivity index (χ2v) is 6.95. The van der Waals surface area contributed by atoms with Gasteiger partial charge in [0, 0.05) is 25.4 Å². The van der Waals surface area contributed by atoms with Crippen LogP contribution in [0.3, 0.4) is 0 Å². The zero-order valence-corrected chi connectivity index (χ0v) is 14.1. The highest BCUT2D eigenvalue weighted by atomic mass is 16.2. The molecule has 1 unspecified atom stereocenters. The number of nitrogens with two attached hydrogens (primary N) is 1. The van der Waals surface area contributed by atoms with Crippen LogP contribution in [-0.4, -0.2) is 36.3 Å². The Labute approximate surface area is 143 Å². The first-order chi connectivity index (χ1) is 11.7. The normalized spacial score (nSPS) is 25.0. The molecule has 1 heterocycles. The maximum atomic E-state index is 12.8. The molecule has 3 rings (SSSR count). The topological polar surface area (TPSA) is 75.4 Å². The summed E-state index contributed by atoms with van der Waals surface area (Å²) in [4.78, 5) is 26.6. The van der Waals surface area contributed by atoms with Crippen molar-refractivity contribution in [3.05, 3.63) is 35.9 Å². The van der Waals surface area contributed by atoms with E-state index in [1.165, 1.54) is 0 Å². The molecule has 1 aromatic rings. The van der Waals surface area contributed by atoms with Gasteiger partial charge in [0.1, 0.15) is 0 Å². The van der Waals surface area contributed by atoms with Crippen molar-refractivity contribution < 1.29 is 9.59 Å². The summed E-state index contributed by atoms with van der Waals surface area (Å²) in [7, 11) is 0. The number of rotatable bonds is 6. The number of hydrogen-bond acceptors (Lipinski definition) is 3. The molecular weight excluding hydrogens is 302 g/mol. The third kappa shape index (κ3) is 3.78. The minimum Gasteiger partial charge on any atom is -0.347 e. The molecule has 0 aromatic heterocycles. The summed E-state index contributed by atoms with van der Waals surface area (Å²) >= 11 is 0. The quantitative estimate of drug-likeness (QED) is 0.836. The van der Waals surface area contributed by atoms with Gasteiger partial charge in [0.25, 0.3) is 0 Å². The van der Waals surface area contributed by atoms with E-state index in [1.807, 2.05) is 35.2 Å². The van der Waals surface area contributed by atoms with Gasteiger partial charge >= 0.3 is 0 Å². The fourth-order valence-electron chi connectivity index (χ4n) is 3.98. The van der Waals surface area contributed by atoms with Crippen LogP contribution < -0.4 is 11.1 Å². The monoisotopic (exact) mass is 329 g/mol. The number of nitrogens with zero attached hydrogens (tertiary/aromatic N) is 1. The fourth-order valence-corrected chi connectivity index (χ4v) is 3.98. The molecular formula is C19H27N3O2. The van der Waals surface area contributed by atoms with Crippen molar-refractivity contribution in [2.75, 3.05) is 19.6 Å². The number of amides is 2. The van der Waals surface area contributed by atoms with E-state index in [9.17, 15) is 9.59 Å². The van der Waals surface area contributed by atoms with E-state index in [0.717, 1.165) is 37.8 Å². The van der Waals surface area contributed by atoms with Gasteiger partial charge in [-0.2, -0.15) is 0 Å². The van der Waals surface area contributed by atoms with Gasteiger partial charge in [-0.15, -0.1) is 0 Å². The van der Waals surface area contributed by atoms with Crippen LogP contribution >= 0.6 is 0 Å². The molecule has 3 N–H and O–H groups in total. The van der Waals surface area contributed by atoms with Crippen LogP contribution in [0.25, 0.3) is 0 Å². The number of carbonyl (C=O) groups excluding carboxylic acids is 2. The molecule has 0 bridgehead atoms. The molecule has 5 nitrogen and oxygen atoms in total. The smallest absolute Gasteiger partial charge is 0.223 e. The summed E-state index contributed by atoms with van der Waals surface area (Å²) in [5.41, 5.74) is 6.87. The number of hydrogen-bond donors (Lipinski definition) is 2. The fraction of sp³-hybridized carbons (Fsp3) is 0.579. The van der Waals surface area contributed by atoms with Gasteiger partial charge in [0.05, 0.1) is 6.04 Å². The van der Waals surface area contributed by atoms with Crippen LogP contribution in [0, 0.1) is 11.8 Å². The zero-order valence-electron chi connectivity index (χ0n) is 14.1. The molecule has 1 aromatic carbocycles. The average Bonchev–Trinajstić information content (AvgIpc) is 3.24. The highest BCUT2D eigenvalue weighted by Gasteiger charge is 2.34. The standard InChI is InChI=1S/C19H27N3O2/c20-12-15-8-4-9-16(15)19(24)21-17(14-6-2-1-3-7-14)13-22-11-5-10-18(22)23/h1-3,6-7,15-17H,4-5,8-13,20H2,(H,21,24)/t15-,16-,17?/m1/s1. The molecule has 1 aliphatic heterocycles. The number of benzene rings is 1. The SMILES string of the molecule is NC[C@H]1CCC[C@H]1C(=O)NC(CN1CCCC1=O)c1ccccc1. The Hall–Kier alpha value is -1.88. The van der Waals surface area contributed by atoms with Gasteiger partial charge < -0.3 is 16.0 Å². The largest absolute Gasteiger partial charge is 0.347 e. The van der Waals surface area contributed by atoms with E-state index in [2.05, 4.69) is 5.32 Å². The Balaban J connectivity index is 1.72. The molecule has 5 heteroatoms. The lowest BCUT2D eigenvalue weighted by atomic mass is 9.94. The van der Waals surface area contributed by atoms with Crippen LogP contribution in [0.5, 0.6) is 0 Å². The van der Waals surface area contributed by atoms with E-state index < -0.39 is 0 Å². The summed E-state index contributed by atoms with van der Waals surface area (Å²) in [5, 5.41) is 3.20. The molecule has 1 saturated heterocycles.